The number of hydrogen-bond acceptors (Lipinski definition) is 6. The molecule has 0 aliphatic carbocycles. The summed E-state index contributed by atoms with van der Waals surface area (Å²) < 4.78 is 38.0. The van der Waals surface area contributed by atoms with Gasteiger partial charge in [-0.05, 0) is 44.0 Å². The number of benzene rings is 2. The number of Topliss-reactive ketones (excluding diaryl/α,β-unsaturated/α-hetero) is 1. The van der Waals surface area contributed by atoms with Gasteiger partial charge in [0, 0.05) is 23.9 Å². The van der Waals surface area contributed by atoms with Gasteiger partial charge in [-0.1, -0.05) is 12.1 Å². The van der Waals surface area contributed by atoms with E-state index < -0.39 is 22.0 Å². The predicted octanol–water partition coefficient (Wildman–Crippen LogP) is 2.70. The standard InChI is InChI=1S/C21H24N2O6S/c1-14(24)15-6-4-7-16(12-15)22-21(25)18-8-5-11-23(18)30(26,27)17-9-10-19(28-2)20(13-17)29-3/h4,6-7,9-10,12-13,18H,5,8,11H2,1-3H3,(H,22,25). The Kier molecular flexibility index (Phi) is 6.42. The molecule has 1 amide bonds. The van der Waals surface area contributed by atoms with Gasteiger partial charge in [0.1, 0.15) is 6.04 Å². The Morgan fingerprint density at radius 3 is 2.47 bits per heavy atom. The minimum Gasteiger partial charge on any atom is -0.493 e. The van der Waals surface area contributed by atoms with Crippen LogP contribution in [0.25, 0.3) is 0 Å². The number of amides is 1. The number of hydrogen-bond donors (Lipinski definition) is 1. The summed E-state index contributed by atoms with van der Waals surface area (Å²) in [7, 11) is -1.03. The number of anilines is 1. The largest absolute Gasteiger partial charge is 0.493 e. The lowest BCUT2D eigenvalue weighted by Gasteiger charge is -2.24. The van der Waals surface area contributed by atoms with Gasteiger partial charge in [-0.25, -0.2) is 8.42 Å². The zero-order chi connectivity index (χ0) is 21.9. The van der Waals surface area contributed by atoms with Gasteiger partial charge in [0.2, 0.25) is 15.9 Å². The molecule has 2 aromatic rings. The lowest BCUT2D eigenvalue weighted by atomic mass is 10.1. The number of carbonyl (C=O) groups is 2. The van der Waals surface area contributed by atoms with Crippen molar-refractivity contribution in [3.63, 3.8) is 0 Å². The summed E-state index contributed by atoms with van der Waals surface area (Å²) in [6.45, 7) is 1.68. The first-order valence-electron chi connectivity index (χ1n) is 9.43. The molecule has 8 nitrogen and oxygen atoms in total. The Morgan fingerprint density at radius 1 is 1.07 bits per heavy atom. The zero-order valence-corrected chi connectivity index (χ0v) is 17.9. The third-order valence-corrected chi connectivity index (χ3v) is 6.91. The molecule has 9 heteroatoms. The van der Waals surface area contributed by atoms with Crippen molar-refractivity contribution in [2.75, 3.05) is 26.1 Å². The maximum atomic E-state index is 13.2. The van der Waals surface area contributed by atoms with E-state index >= 15 is 0 Å². The summed E-state index contributed by atoms with van der Waals surface area (Å²) in [4.78, 5) is 24.4. The summed E-state index contributed by atoms with van der Waals surface area (Å²) in [5.41, 5.74) is 0.914. The molecular formula is C21H24N2O6S. The quantitative estimate of drug-likeness (QED) is 0.675. The van der Waals surface area contributed by atoms with E-state index in [0.717, 1.165) is 0 Å². The van der Waals surface area contributed by atoms with Gasteiger partial charge < -0.3 is 14.8 Å². The lowest BCUT2D eigenvalue weighted by molar-refractivity contribution is -0.119. The van der Waals surface area contributed by atoms with Gasteiger partial charge in [-0.3, -0.25) is 9.59 Å². The van der Waals surface area contributed by atoms with Gasteiger partial charge in [0.25, 0.3) is 0 Å². The van der Waals surface area contributed by atoms with Crippen molar-refractivity contribution in [1.29, 1.82) is 0 Å². The van der Waals surface area contributed by atoms with Crippen LogP contribution in [0, 0.1) is 0 Å². The van der Waals surface area contributed by atoms with Crippen molar-refractivity contribution in [3.05, 3.63) is 48.0 Å². The second kappa shape index (κ2) is 8.85. The Hall–Kier alpha value is -2.91. The van der Waals surface area contributed by atoms with Gasteiger partial charge in [0.15, 0.2) is 17.3 Å². The molecule has 0 aromatic heterocycles. The Bertz CT molecular complexity index is 1070. The third kappa shape index (κ3) is 4.31. The Balaban J connectivity index is 1.85. The maximum Gasteiger partial charge on any atom is 0.243 e. The Labute approximate surface area is 175 Å². The van der Waals surface area contributed by atoms with Gasteiger partial charge in [-0.2, -0.15) is 4.31 Å². The van der Waals surface area contributed by atoms with E-state index in [1.165, 1.54) is 43.6 Å². The molecule has 1 saturated heterocycles. The van der Waals surface area contributed by atoms with E-state index in [0.29, 0.717) is 35.6 Å². The van der Waals surface area contributed by atoms with E-state index in [9.17, 15) is 18.0 Å². The highest BCUT2D eigenvalue weighted by Gasteiger charge is 2.39. The van der Waals surface area contributed by atoms with E-state index in [2.05, 4.69) is 5.32 Å². The van der Waals surface area contributed by atoms with Crippen LogP contribution in [0.15, 0.2) is 47.4 Å². The fourth-order valence-electron chi connectivity index (χ4n) is 3.44. The number of nitrogens with one attached hydrogen (secondary N) is 1. The zero-order valence-electron chi connectivity index (χ0n) is 17.0. The van der Waals surface area contributed by atoms with Crippen molar-refractivity contribution in [2.24, 2.45) is 0 Å². The average molecular weight is 432 g/mol. The molecule has 1 aliphatic heterocycles. The number of ketones is 1. The van der Waals surface area contributed by atoms with E-state index in [4.69, 9.17) is 9.47 Å². The molecule has 0 spiro atoms. The van der Waals surface area contributed by atoms with Crippen LogP contribution in [0.2, 0.25) is 0 Å². The lowest BCUT2D eigenvalue weighted by Crippen LogP contribution is -2.43. The highest BCUT2D eigenvalue weighted by Crippen LogP contribution is 2.33. The van der Waals surface area contributed by atoms with Crippen molar-refractivity contribution in [1.82, 2.24) is 4.31 Å². The molecule has 160 valence electrons. The second-order valence-corrected chi connectivity index (χ2v) is 8.81. The maximum absolute atomic E-state index is 13.2. The fraction of sp³-hybridized carbons (Fsp3) is 0.333. The summed E-state index contributed by atoms with van der Waals surface area (Å²) in [6.07, 6.45) is 0.975. The van der Waals surface area contributed by atoms with Crippen LogP contribution in [-0.4, -0.2) is 51.2 Å². The SMILES string of the molecule is COc1ccc(S(=O)(=O)N2CCCC2C(=O)Nc2cccc(C(C)=O)c2)cc1OC. The second-order valence-electron chi connectivity index (χ2n) is 6.92. The van der Waals surface area contributed by atoms with Crippen molar-refractivity contribution >= 4 is 27.4 Å². The molecule has 0 bridgehead atoms. The average Bonchev–Trinajstić information content (AvgIpc) is 3.24. The molecule has 0 radical (unpaired) electrons. The van der Waals surface area contributed by atoms with E-state index in [1.807, 2.05) is 0 Å². The Morgan fingerprint density at radius 2 is 1.80 bits per heavy atom. The number of nitrogens with zero attached hydrogens (tertiary/aromatic N) is 1. The predicted molar refractivity (Wildman–Crippen MR) is 112 cm³/mol. The van der Waals surface area contributed by atoms with E-state index in [1.54, 1.807) is 24.3 Å². The molecule has 30 heavy (non-hydrogen) atoms. The van der Waals surface area contributed by atoms with Crippen LogP contribution in [0.1, 0.15) is 30.1 Å². The highest BCUT2D eigenvalue weighted by molar-refractivity contribution is 7.89. The summed E-state index contributed by atoms with van der Waals surface area (Å²) in [5.74, 6) is 0.152. The summed E-state index contributed by atoms with van der Waals surface area (Å²) in [5, 5.41) is 2.73. The van der Waals surface area contributed by atoms with Crippen LogP contribution in [0.3, 0.4) is 0 Å². The van der Waals surface area contributed by atoms with Crippen LogP contribution in [0.4, 0.5) is 5.69 Å². The first-order chi connectivity index (χ1) is 14.3. The topological polar surface area (TPSA) is 102 Å². The molecule has 1 atom stereocenters. The van der Waals surface area contributed by atoms with Crippen molar-refractivity contribution < 1.29 is 27.5 Å². The first-order valence-corrected chi connectivity index (χ1v) is 10.9. The van der Waals surface area contributed by atoms with Crippen molar-refractivity contribution in [3.8, 4) is 11.5 Å². The van der Waals surface area contributed by atoms with Gasteiger partial charge in [-0.15, -0.1) is 0 Å². The smallest absolute Gasteiger partial charge is 0.243 e. The van der Waals surface area contributed by atoms with E-state index in [-0.39, 0.29) is 17.2 Å². The number of sulfonamides is 1. The molecule has 1 N–H and O–H groups in total. The molecule has 3 rings (SSSR count). The molecule has 1 unspecified atom stereocenters. The number of methoxy groups -OCH3 is 2. The van der Waals surface area contributed by atoms with Crippen LogP contribution in [0.5, 0.6) is 11.5 Å². The van der Waals surface area contributed by atoms with Crippen molar-refractivity contribution in [2.45, 2.75) is 30.7 Å². The normalized spacial score (nSPS) is 16.8. The third-order valence-electron chi connectivity index (χ3n) is 5.00. The molecule has 2 aromatic carbocycles. The van der Waals surface area contributed by atoms with Crippen LogP contribution >= 0.6 is 0 Å². The van der Waals surface area contributed by atoms with Crippen LogP contribution < -0.4 is 14.8 Å². The minimum atomic E-state index is -3.92. The fourth-order valence-corrected chi connectivity index (χ4v) is 5.12. The molecule has 1 fully saturated rings. The molecular weight excluding hydrogens is 408 g/mol. The number of carbonyl (C=O) groups excluding carboxylic acids is 2. The molecule has 0 saturated carbocycles. The number of rotatable bonds is 7. The monoisotopic (exact) mass is 432 g/mol. The molecule has 1 heterocycles. The number of ether oxygens (including phenoxy) is 2. The first kappa shape index (κ1) is 21.8. The molecule has 1 aliphatic rings. The highest BCUT2D eigenvalue weighted by atomic mass is 32.2. The summed E-state index contributed by atoms with van der Waals surface area (Å²) in [6, 6.07) is 10.0. The summed E-state index contributed by atoms with van der Waals surface area (Å²) >= 11 is 0. The van der Waals surface area contributed by atoms with Crippen LogP contribution in [-0.2, 0) is 14.8 Å². The minimum absolute atomic E-state index is 0.0263. The van der Waals surface area contributed by atoms with Gasteiger partial charge >= 0.3 is 0 Å². The van der Waals surface area contributed by atoms with Gasteiger partial charge in [0.05, 0.1) is 19.1 Å².